The van der Waals surface area contributed by atoms with Gasteiger partial charge in [-0.15, -0.1) is 0 Å². The average molecular weight is 300 g/mol. The van der Waals surface area contributed by atoms with E-state index in [-0.39, 0.29) is 0 Å². The van der Waals surface area contributed by atoms with Gasteiger partial charge in [0.15, 0.2) is 0 Å². The Morgan fingerprint density at radius 1 is 1.05 bits per heavy atom. The average Bonchev–Trinajstić information content (AvgIpc) is 2.46. The summed E-state index contributed by atoms with van der Waals surface area (Å²) in [4.78, 5) is 0. The summed E-state index contributed by atoms with van der Waals surface area (Å²) in [6, 6.07) is 10.4. The fraction of sp³-hybridized carbons (Fsp3) is 0.471. The molecule has 0 unspecified atom stereocenters. The summed E-state index contributed by atoms with van der Waals surface area (Å²) in [5.74, 6) is 2.65. The third-order valence-corrected chi connectivity index (χ3v) is 6.53. The maximum absolute atomic E-state index is 5.59. The van der Waals surface area contributed by atoms with E-state index in [2.05, 4.69) is 36.4 Å². The maximum Gasteiger partial charge on any atom is 0.223 e. The van der Waals surface area contributed by atoms with E-state index in [1.165, 1.54) is 44.1 Å². The molecule has 1 aromatic carbocycles. The topological polar surface area (TPSA) is 0 Å². The summed E-state index contributed by atoms with van der Waals surface area (Å²) in [5.41, 5.74) is 1.24. The van der Waals surface area contributed by atoms with Gasteiger partial charge < -0.3 is 0 Å². The van der Waals surface area contributed by atoms with E-state index in [4.69, 9.17) is 12.2 Å². The van der Waals surface area contributed by atoms with Gasteiger partial charge in [0.25, 0.3) is 0 Å². The summed E-state index contributed by atoms with van der Waals surface area (Å²) >= 11 is 7.56. The van der Waals surface area contributed by atoms with Gasteiger partial charge >= 0.3 is 0 Å². The lowest BCUT2D eigenvalue weighted by atomic mass is 9.42. The van der Waals surface area contributed by atoms with Gasteiger partial charge in [-0.1, -0.05) is 98.8 Å². The lowest BCUT2D eigenvalue weighted by Crippen LogP contribution is -2.32. The zero-order valence-corrected chi connectivity index (χ0v) is 13.5. The molecule has 2 aliphatic heterocycles. The Kier molecular flexibility index (Phi) is 5.01. The Morgan fingerprint density at radius 3 is 2.25 bits per heavy atom. The van der Waals surface area contributed by atoms with Crippen LogP contribution in [0.5, 0.6) is 0 Å². The van der Waals surface area contributed by atoms with Crippen LogP contribution in [0.15, 0.2) is 36.4 Å². The highest BCUT2D eigenvalue weighted by Gasteiger charge is 2.40. The molecular weight excluding hydrogens is 279 g/mol. The van der Waals surface area contributed by atoms with Crippen molar-refractivity contribution in [3.8, 4) is 0 Å². The number of hydrogen-bond acceptors (Lipinski definition) is 2. The molecular formula is C17H21BS2. The van der Waals surface area contributed by atoms with E-state index >= 15 is 0 Å². The Morgan fingerprint density at radius 2 is 1.65 bits per heavy atom. The van der Waals surface area contributed by atoms with E-state index in [1.54, 1.807) is 0 Å². The molecule has 2 aliphatic rings. The summed E-state index contributed by atoms with van der Waals surface area (Å²) in [6.07, 6.45) is 12.9. The molecule has 3 rings (SSSR count). The minimum Gasteiger partial charge on any atom is -0.164 e. The smallest absolute Gasteiger partial charge is 0.164 e. The number of hydrogen-bond donors (Lipinski definition) is 0. The predicted octanol–water partition coefficient (Wildman–Crippen LogP) is 5.86. The molecule has 2 bridgehead atoms. The fourth-order valence-electron chi connectivity index (χ4n) is 3.71. The van der Waals surface area contributed by atoms with Crippen LogP contribution in [0.4, 0.5) is 0 Å². The second kappa shape index (κ2) is 6.95. The first-order chi connectivity index (χ1) is 9.83. The van der Waals surface area contributed by atoms with Crippen molar-refractivity contribution in [3.63, 3.8) is 0 Å². The van der Waals surface area contributed by atoms with Crippen molar-refractivity contribution in [2.24, 2.45) is 0 Å². The standard InChI is InChI=1S/C17H21BS2/c19-17(13-12-14-6-2-1-3-7-14)20-18-15-8-4-9-16(18)11-5-10-15/h1-3,6-7,12-13,15-16H,4-5,8-11H2/b13-12+. The quantitative estimate of drug-likeness (QED) is 0.389. The Balaban J connectivity index is 1.60. The van der Waals surface area contributed by atoms with Gasteiger partial charge in [-0.05, 0) is 11.6 Å². The number of rotatable bonds is 3. The van der Waals surface area contributed by atoms with Crippen molar-refractivity contribution in [2.75, 3.05) is 0 Å². The van der Waals surface area contributed by atoms with E-state index in [1.807, 2.05) is 17.7 Å². The normalized spacial score (nSPS) is 25.9. The summed E-state index contributed by atoms with van der Waals surface area (Å²) in [7, 11) is 0. The Labute approximate surface area is 132 Å². The molecule has 104 valence electrons. The lowest BCUT2D eigenvalue weighted by Gasteiger charge is -2.39. The summed E-state index contributed by atoms with van der Waals surface area (Å²) in [5, 5.41) is 0. The van der Waals surface area contributed by atoms with Crippen molar-refractivity contribution in [1.82, 2.24) is 0 Å². The van der Waals surface area contributed by atoms with Gasteiger partial charge in [-0.3, -0.25) is 0 Å². The van der Waals surface area contributed by atoms with Gasteiger partial charge in [0.1, 0.15) is 0 Å². The first-order valence-corrected chi connectivity index (χ1v) is 9.05. The number of fused-ring (bicyclic) bond motifs is 2. The zero-order valence-electron chi connectivity index (χ0n) is 11.8. The predicted molar refractivity (Wildman–Crippen MR) is 96.6 cm³/mol. The molecule has 0 aliphatic carbocycles. The van der Waals surface area contributed by atoms with Crippen LogP contribution in [-0.4, -0.2) is 10.2 Å². The zero-order chi connectivity index (χ0) is 13.8. The van der Waals surface area contributed by atoms with Crippen LogP contribution in [-0.2, 0) is 0 Å². The van der Waals surface area contributed by atoms with E-state index in [9.17, 15) is 0 Å². The third kappa shape index (κ3) is 3.56. The van der Waals surface area contributed by atoms with Crippen LogP contribution < -0.4 is 0 Å². The molecule has 2 fully saturated rings. The molecule has 0 aromatic heterocycles. The summed E-state index contributed by atoms with van der Waals surface area (Å²) < 4.78 is 1.07. The van der Waals surface area contributed by atoms with Crippen LogP contribution in [0.1, 0.15) is 44.1 Å². The van der Waals surface area contributed by atoms with E-state index in [0.717, 1.165) is 21.8 Å². The molecule has 2 heterocycles. The minimum absolute atomic E-state index is 0.797. The monoisotopic (exact) mass is 300 g/mol. The van der Waals surface area contributed by atoms with Crippen molar-refractivity contribution in [1.29, 1.82) is 0 Å². The molecule has 0 amide bonds. The molecule has 2 saturated heterocycles. The van der Waals surface area contributed by atoms with Gasteiger partial charge in [-0.25, -0.2) is 0 Å². The van der Waals surface area contributed by atoms with Crippen LogP contribution in [0.25, 0.3) is 6.08 Å². The van der Waals surface area contributed by atoms with Crippen molar-refractivity contribution in [3.05, 3.63) is 42.0 Å². The summed E-state index contributed by atoms with van der Waals surface area (Å²) in [6.45, 7) is 0. The van der Waals surface area contributed by atoms with Gasteiger partial charge in [0, 0.05) is 0 Å². The highest BCUT2D eigenvalue weighted by atomic mass is 32.2. The molecule has 0 N–H and O–H groups in total. The molecule has 0 saturated carbocycles. The third-order valence-electron chi connectivity index (χ3n) is 4.69. The molecule has 0 atom stereocenters. The van der Waals surface area contributed by atoms with Gasteiger partial charge in [0.2, 0.25) is 5.99 Å². The van der Waals surface area contributed by atoms with Crippen LogP contribution in [0.2, 0.25) is 11.6 Å². The Bertz CT molecular complexity index is 461. The maximum atomic E-state index is 5.59. The Hall–Kier alpha value is -0.535. The second-order valence-corrected chi connectivity index (χ2v) is 7.95. The van der Waals surface area contributed by atoms with Gasteiger partial charge in [-0.2, -0.15) is 11.6 Å². The van der Waals surface area contributed by atoms with Crippen molar-refractivity contribution in [2.45, 2.75) is 50.2 Å². The molecule has 20 heavy (non-hydrogen) atoms. The molecule has 1 aromatic rings. The number of benzene rings is 1. The number of thiocarbonyl (C=S) groups is 1. The fourth-order valence-corrected chi connectivity index (χ4v) is 5.45. The highest BCUT2D eigenvalue weighted by Crippen LogP contribution is 2.50. The SMILES string of the molecule is S=C(/C=C/c1ccccc1)SB1C2CCCC1CCC2. The first-order valence-electron chi connectivity index (χ1n) is 7.76. The molecule has 0 radical (unpaired) electrons. The largest absolute Gasteiger partial charge is 0.223 e. The minimum atomic E-state index is 0.797. The van der Waals surface area contributed by atoms with Gasteiger partial charge in [0.05, 0.1) is 4.20 Å². The molecule has 0 nitrogen and oxygen atoms in total. The van der Waals surface area contributed by atoms with Crippen LogP contribution in [0, 0.1) is 0 Å². The second-order valence-electron chi connectivity index (χ2n) is 6.03. The first kappa shape index (κ1) is 14.4. The molecule has 0 spiro atoms. The van der Waals surface area contributed by atoms with E-state index < -0.39 is 0 Å². The lowest BCUT2D eigenvalue weighted by molar-refractivity contribution is 0.452. The van der Waals surface area contributed by atoms with Crippen molar-refractivity contribution < 1.29 is 0 Å². The van der Waals surface area contributed by atoms with E-state index in [0.29, 0.717) is 0 Å². The molecule has 3 heteroatoms. The van der Waals surface area contributed by atoms with Crippen molar-refractivity contribution >= 4 is 40.1 Å². The van der Waals surface area contributed by atoms with Crippen LogP contribution in [0.3, 0.4) is 0 Å². The van der Waals surface area contributed by atoms with Crippen LogP contribution >= 0.6 is 23.8 Å². The highest BCUT2D eigenvalue weighted by molar-refractivity contribution is 8.42.